The van der Waals surface area contributed by atoms with E-state index >= 15 is 0 Å². The number of aryl methyl sites for hydroxylation is 1. The van der Waals surface area contributed by atoms with Crippen molar-refractivity contribution in [2.45, 2.75) is 24.7 Å². The van der Waals surface area contributed by atoms with Crippen LogP contribution in [-0.4, -0.2) is 21.3 Å². The van der Waals surface area contributed by atoms with Gasteiger partial charge in [0.15, 0.2) is 0 Å². The van der Waals surface area contributed by atoms with E-state index in [1.54, 1.807) is 6.07 Å². The van der Waals surface area contributed by atoms with Crippen LogP contribution in [0.5, 0.6) is 0 Å². The topological polar surface area (TPSA) is 55.4 Å². The zero-order valence-electron chi connectivity index (χ0n) is 11.8. The van der Waals surface area contributed by atoms with E-state index in [-0.39, 0.29) is 17.4 Å². The second-order valence-electron chi connectivity index (χ2n) is 5.00. The maximum atomic E-state index is 13.9. The summed E-state index contributed by atoms with van der Waals surface area (Å²) in [6.07, 6.45) is 4.14. The van der Waals surface area contributed by atoms with Crippen LogP contribution in [0.15, 0.2) is 17.8 Å². The Morgan fingerprint density at radius 1 is 1.43 bits per heavy atom. The summed E-state index contributed by atoms with van der Waals surface area (Å²) >= 11 is 3.43. The van der Waals surface area contributed by atoms with Gasteiger partial charge in [-0.2, -0.15) is 8.42 Å². The molecule has 1 aliphatic rings. The van der Waals surface area contributed by atoms with Crippen molar-refractivity contribution in [1.82, 2.24) is 5.32 Å². The third-order valence-corrected chi connectivity index (χ3v) is 4.51. The van der Waals surface area contributed by atoms with Crippen LogP contribution in [0.3, 0.4) is 0 Å². The fraction of sp³-hybridized carbons (Fsp3) is 0.429. The van der Waals surface area contributed by atoms with Crippen LogP contribution in [0, 0.1) is 12.7 Å². The summed E-state index contributed by atoms with van der Waals surface area (Å²) in [6.45, 7) is 2.07. The summed E-state index contributed by atoms with van der Waals surface area (Å²) in [5.74, 6) is -0.249. The first-order valence-electron chi connectivity index (χ1n) is 6.52. The SMILES string of the molecule is Cc1ccc(F)c2c1C=C(CCCOS(C)(=O)=O)NC2Br. The van der Waals surface area contributed by atoms with Gasteiger partial charge in [0.2, 0.25) is 0 Å². The summed E-state index contributed by atoms with van der Waals surface area (Å²) in [6, 6.07) is 3.21. The maximum Gasteiger partial charge on any atom is 0.264 e. The Morgan fingerprint density at radius 3 is 2.81 bits per heavy atom. The molecule has 1 N–H and O–H groups in total. The fourth-order valence-electron chi connectivity index (χ4n) is 2.24. The Labute approximate surface area is 132 Å². The van der Waals surface area contributed by atoms with Gasteiger partial charge in [0.1, 0.15) is 10.8 Å². The van der Waals surface area contributed by atoms with Gasteiger partial charge >= 0.3 is 0 Å². The molecule has 1 atom stereocenters. The zero-order chi connectivity index (χ0) is 15.6. The predicted molar refractivity (Wildman–Crippen MR) is 83.9 cm³/mol. The van der Waals surface area contributed by atoms with Crippen molar-refractivity contribution in [3.05, 3.63) is 40.3 Å². The summed E-state index contributed by atoms with van der Waals surface area (Å²) in [5, 5.41) is 3.17. The molecule has 2 rings (SSSR count). The molecule has 0 saturated carbocycles. The highest BCUT2D eigenvalue weighted by Gasteiger charge is 2.22. The summed E-state index contributed by atoms with van der Waals surface area (Å²) in [7, 11) is -3.40. The predicted octanol–water partition coefficient (Wildman–Crippen LogP) is 3.23. The minimum absolute atomic E-state index is 0.139. The normalized spacial score (nSPS) is 17.9. The van der Waals surface area contributed by atoms with Gasteiger partial charge in [0.25, 0.3) is 10.1 Å². The lowest BCUT2D eigenvalue weighted by Gasteiger charge is -2.25. The summed E-state index contributed by atoms with van der Waals surface area (Å²) in [4.78, 5) is -0.289. The number of rotatable bonds is 5. The van der Waals surface area contributed by atoms with Crippen LogP contribution >= 0.6 is 15.9 Å². The van der Waals surface area contributed by atoms with Gasteiger partial charge in [0, 0.05) is 11.3 Å². The molecule has 7 heteroatoms. The van der Waals surface area contributed by atoms with E-state index < -0.39 is 10.1 Å². The molecule has 0 bridgehead atoms. The van der Waals surface area contributed by atoms with Crippen molar-refractivity contribution in [1.29, 1.82) is 0 Å². The van der Waals surface area contributed by atoms with Crippen LogP contribution in [-0.2, 0) is 14.3 Å². The molecular weight excluding hydrogens is 361 g/mol. The quantitative estimate of drug-likeness (QED) is 0.370. The van der Waals surface area contributed by atoms with Gasteiger partial charge < -0.3 is 5.32 Å². The van der Waals surface area contributed by atoms with Crippen LogP contribution in [0.1, 0.15) is 34.5 Å². The lowest BCUT2D eigenvalue weighted by Crippen LogP contribution is -2.22. The van der Waals surface area contributed by atoms with Crippen molar-refractivity contribution in [3.8, 4) is 0 Å². The summed E-state index contributed by atoms with van der Waals surface area (Å²) in [5.41, 5.74) is 3.40. The number of hydrogen-bond donors (Lipinski definition) is 1. The number of fused-ring (bicyclic) bond motifs is 1. The molecule has 1 unspecified atom stereocenters. The molecular formula is C14H17BrFNO3S. The van der Waals surface area contributed by atoms with E-state index in [2.05, 4.69) is 21.2 Å². The summed E-state index contributed by atoms with van der Waals surface area (Å²) < 4.78 is 40.3. The minimum atomic E-state index is -3.40. The molecule has 0 amide bonds. The number of nitrogens with one attached hydrogen (secondary N) is 1. The van der Waals surface area contributed by atoms with E-state index in [0.717, 1.165) is 23.1 Å². The molecule has 1 heterocycles. The van der Waals surface area contributed by atoms with E-state index in [1.807, 2.05) is 13.0 Å². The standard InChI is InChI=1S/C14H17BrFNO3S/c1-9-5-6-12(16)13-11(9)8-10(17-14(13)15)4-3-7-20-21(2,18)19/h5-6,8,14,17H,3-4,7H2,1-2H3. The molecule has 0 spiro atoms. The monoisotopic (exact) mass is 377 g/mol. The van der Waals surface area contributed by atoms with Crippen molar-refractivity contribution >= 4 is 32.1 Å². The van der Waals surface area contributed by atoms with Crippen molar-refractivity contribution < 1.29 is 17.0 Å². The van der Waals surface area contributed by atoms with E-state index in [4.69, 9.17) is 4.18 Å². The minimum Gasteiger partial charge on any atom is -0.372 e. The number of halogens is 2. The third-order valence-electron chi connectivity index (χ3n) is 3.22. The zero-order valence-corrected chi connectivity index (χ0v) is 14.2. The van der Waals surface area contributed by atoms with Gasteiger partial charge in [-0.3, -0.25) is 4.18 Å². The van der Waals surface area contributed by atoms with Crippen molar-refractivity contribution in [3.63, 3.8) is 0 Å². The number of alkyl halides is 1. The number of hydrogen-bond acceptors (Lipinski definition) is 4. The van der Waals surface area contributed by atoms with Gasteiger partial charge in [-0.05, 0) is 43.0 Å². The molecule has 1 aromatic carbocycles. The first-order chi connectivity index (χ1) is 9.78. The highest BCUT2D eigenvalue weighted by molar-refractivity contribution is 9.09. The Balaban J connectivity index is 2.09. The average Bonchev–Trinajstić information content (AvgIpc) is 2.38. The third kappa shape index (κ3) is 4.28. The highest BCUT2D eigenvalue weighted by Crippen LogP contribution is 2.35. The van der Waals surface area contributed by atoms with Gasteiger partial charge in [-0.1, -0.05) is 22.0 Å². The fourth-order valence-corrected chi connectivity index (χ4v) is 3.42. The lowest BCUT2D eigenvalue weighted by molar-refractivity contribution is 0.314. The van der Waals surface area contributed by atoms with Crippen LogP contribution < -0.4 is 5.32 Å². The molecule has 0 radical (unpaired) electrons. The Kier molecular flexibility index (Phi) is 5.06. The van der Waals surface area contributed by atoms with Gasteiger partial charge in [-0.15, -0.1) is 0 Å². The van der Waals surface area contributed by atoms with Crippen LogP contribution in [0.2, 0.25) is 0 Å². The van der Waals surface area contributed by atoms with Gasteiger partial charge in [0.05, 0.1) is 12.9 Å². The molecule has 116 valence electrons. The lowest BCUT2D eigenvalue weighted by atomic mass is 9.96. The first kappa shape index (κ1) is 16.5. The smallest absolute Gasteiger partial charge is 0.264 e. The second-order valence-corrected chi connectivity index (χ2v) is 7.56. The van der Waals surface area contributed by atoms with E-state index in [1.165, 1.54) is 6.07 Å². The molecule has 0 saturated heterocycles. The molecule has 0 fully saturated rings. The molecule has 1 aromatic rings. The van der Waals surface area contributed by atoms with E-state index in [0.29, 0.717) is 18.4 Å². The van der Waals surface area contributed by atoms with Crippen LogP contribution in [0.25, 0.3) is 6.08 Å². The number of benzene rings is 1. The molecule has 4 nitrogen and oxygen atoms in total. The first-order valence-corrected chi connectivity index (χ1v) is 9.26. The van der Waals surface area contributed by atoms with E-state index in [9.17, 15) is 12.8 Å². The Bertz CT molecular complexity index is 673. The Morgan fingerprint density at radius 2 is 2.14 bits per heavy atom. The Hall–Kier alpha value is -0.920. The van der Waals surface area contributed by atoms with Gasteiger partial charge in [-0.25, -0.2) is 4.39 Å². The highest BCUT2D eigenvalue weighted by atomic mass is 79.9. The molecule has 1 aliphatic heterocycles. The largest absolute Gasteiger partial charge is 0.372 e. The molecule has 21 heavy (non-hydrogen) atoms. The van der Waals surface area contributed by atoms with Crippen molar-refractivity contribution in [2.24, 2.45) is 0 Å². The van der Waals surface area contributed by atoms with Crippen molar-refractivity contribution in [2.75, 3.05) is 12.9 Å². The molecule has 0 aromatic heterocycles. The number of allylic oxidation sites excluding steroid dienone is 1. The average molecular weight is 378 g/mol. The maximum absolute atomic E-state index is 13.9. The van der Waals surface area contributed by atoms with Crippen LogP contribution in [0.4, 0.5) is 4.39 Å². The molecule has 0 aliphatic carbocycles. The second kappa shape index (κ2) is 6.46.